The van der Waals surface area contributed by atoms with Gasteiger partial charge in [-0.05, 0) is 18.4 Å². The molecule has 1 fully saturated rings. The van der Waals surface area contributed by atoms with Crippen molar-refractivity contribution in [2.45, 2.75) is 50.6 Å². The van der Waals surface area contributed by atoms with Crippen molar-refractivity contribution < 1.29 is 8.78 Å². The van der Waals surface area contributed by atoms with Gasteiger partial charge in [0.2, 0.25) is 0 Å². The highest BCUT2D eigenvalue weighted by atomic mass is 19.3. The van der Waals surface area contributed by atoms with Gasteiger partial charge in [-0.3, -0.25) is 5.32 Å². The summed E-state index contributed by atoms with van der Waals surface area (Å²) in [5, 5.41) is 12.5. The normalized spacial score (nSPS) is 18.2. The molecule has 0 aromatic heterocycles. The first-order valence-electron chi connectivity index (χ1n) is 6.74. The molecule has 1 aromatic rings. The fraction of sp³-hybridized carbons (Fsp3) is 0.533. The van der Waals surface area contributed by atoms with Crippen molar-refractivity contribution in [1.82, 2.24) is 5.32 Å². The van der Waals surface area contributed by atoms with Crippen molar-refractivity contribution in [2.24, 2.45) is 0 Å². The minimum Gasteiger partial charge on any atom is -0.295 e. The predicted molar refractivity (Wildman–Crippen MR) is 69.8 cm³/mol. The summed E-state index contributed by atoms with van der Waals surface area (Å²) >= 11 is 0. The molecule has 1 aliphatic rings. The number of nitriles is 1. The summed E-state index contributed by atoms with van der Waals surface area (Å²) in [5.41, 5.74) is 0.760. The monoisotopic (exact) mass is 264 g/mol. The molecule has 0 amide bonds. The van der Waals surface area contributed by atoms with Gasteiger partial charge in [-0.2, -0.15) is 5.26 Å². The lowest BCUT2D eigenvalue weighted by Gasteiger charge is -2.25. The van der Waals surface area contributed by atoms with Gasteiger partial charge < -0.3 is 0 Å². The van der Waals surface area contributed by atoms with Crippen molar-refractivity contribution >= 4 is 0 Å². The zero-order valence-corrected chi connectivity index (χ0v) is 10.8. The third-order valence-corrected chi connectivity index (χ3v) is 3.66. The van der Waals surface area contributed by atoms with Gasteiger partial charge in [0.25, 0.3) is 6.43 Å². The second-order valence-electron chi connectivity index (χ2n) is 5.03. The van der Waals surface area contributed by atoms with Crippen LogP contribution in [0.1, 0.15) is 55.7 Å². The summed E-state index contributed by atoms with van der Waals surface area (Å²) in [6.07, 6.45) is 3.38. The Hall–Kier alpha value is -1.47. The van der Waals surface area contributed by atoms with E-state index in [1.165, 1.54) is 31.4 Å². The van der Waals surface area contributed by atoms with Crippen LogP contribution < -0.4 is 5.32 Å². The topological polar surface area (TPSA) is 35.8 Å². The van der Waals surface area contributed by atoms with Gasteiger partial charge in [-0.1, -0.05) is 43.5 Å². The van der Waals surface area contributed by atoms with Crippen LogP contribution in [0.15, 0.2) is 24.3 Å². The minimum absolute atomic E-state index is 0.00175. The lowest BCUT2D eigenvalue weighted by molar-refractivity contribution is 0.151. The number of nitrogens with zero attached hydrogens (tertiary/aromatic N) is 1. The van der Waals surface area contributed by atoms with E-state index >= 15 is 0 Å². The first kappa shape index (κ1) is 14.0. The summed E-state index contributed by atoms with van der Waals surface area (Å²) in [7, 11) is 0. The molecule has 1 saturated carbocycles. The second kappa shape index (κ2) is 6.63. The molecule has 2 nitrogen and oxygen atoms in total. The molecule has 0 aliphatic heterocycles. The lowest BCUT2D eigenvalue weighted by atomic mass is 9.94. The number of nitrogens with one attached hydrogen (secondary N) is 1. The highest BCUT2D eigenvalue weighted by molar-refractivity contribution is 5.29. The summed E-state index contributed by atoms with van der Waals surface area (Å²) < 4.78 is 24.9. The summed E-state index contributed by atoms with van der Waals surface area (Å²) in [6, 6.07) is 8.20. The lowest BCUT2D eigenvalue weighted by Crippen LogP contribution is -2.33. The van der Waals surface area contributed by atoms with E-state index in [0.29, 0.717) is 6.04 Å². The van der Waals surface area contributed by atoms with E-state index in [-0.39, 0.29) is 5.56 Å². The third-order valence-electron chi connectivity index (χ3n) is 3.66. The van der Waals surface area contributed by atoms with Crippen LogP contribution in [0.5, 0.6) is 0 Å². The first-order chi connectivity index (χ1) is 9.20. The molecular weight excluding hydrogens is 246 g/mol. The standard InChI is InChI=1S/C15H18F2N2/c16-15(17)12-8-6-11(7-9-12)14(10-18)19-13-4-2-1-3-5-13/h6-9,13-15,19H,1-5H2. The van der Waals surface area contributed by atoms with E-state index in [2.05, 4.69) is 11.4 Å². The van der Waals surface area contributed by atoms with Crippen LogP contribution in [0.25, 0.3) is 0 Å². The molecule has 1 atom stereocenters. The summed E-state index contributed by atoms with van der Waals surface area (Å²) in [6.45, 7) is 0. The Bertz CT molecular complexity index is 430. The number of hydrogen-bond acceptors (Lipinski definition) is 2. The van der Waals surface area contributed by atoms with Gasteiger partial charge in [0.1, 0.15) is 6.04 Å². The van der Waals surface area contributed by atoms with Gasteiger partial charge in [-0.25, -0.2) is 8.78 Å². The molecule has 1 aromatic carbocycles. The van der Waals surface area contributed by atoms with Crippen LogP contribution >= 0.6 is 0 Å². The number of hydrogen-bond donors (Lipinski definition) is 1. The third kappa shape index (κ3) is 3.74. The van der Waals surface area contributed by atoms with Crippen LogP contribution in [0.4, 0.5) is 8.78 Å². The number of benzene rings is 1. The van der Waals surface area contributed by atoms with Crippen molar-refractivity contribution in [3.63, 3.8) is 0 Å². The molecule has 1 N–H and O–H groups in total. The second-order valence-corrected chi connectivity index (χ2v) is 5.03. The molecule has 1 unspecified atom stereocenters. The SMILES string of the molecule is N#CC(NC1CCCCC1)c1ccc(C(F)F)cc1. The molecule has 0 heterocycles. The molecule has 19 heavy (non-hydrogen) atoms. The van der Waals surface area contributed by atoms with E-state index < -0.39 is 12.5 Å². The molecule has 0 spiro atoms. The van der Waals surface area contributed by atoms with Crippen LogP contribution in [0.2, 0.25) is 0 Å². The molecule has 0 saturated heterocycles. The highest BCUT2D eigenvalue weighted by Crippen LogP contribution is 2.24. The Morgan fingerprint density at radius 1 is 1.05 bits per heavy atom. The van der Waals surface area contributed by atoms with Crippen molar-refractivity contribution in [2.75, 3.05) is 0 Å². The van der Waals surface area contributed by atoms with Gasteiger partial charge in [0.15, 0.2) is 0 Å². The van der Waals surface area contributed by atoms with Gasteiger partial charge in [0.05, 0.1) is 6.07 Å². The van der Waals surface area contributed by atoms with Crippen LogP contribution in [0, 0.1) is 11.3 Å². The quantitative estimate of drug-likeness (QED) is 0.888. The van der Waals surface area contributed by atoms with E-state index in [1.54, 1.807) is 12.1 Å². The Morgan fingerprint density at radius 3 is 2.16 bits per heavy atom. The fourth-order valence-electron chi connectivity index (χ4n) is 2.55. The van der Waals surface area contributed by atoms with E-state index in [1.807, 2.05) is 0 Å². The van der Waals surface area contributed by atoms with Crippen LogP contribution in [0.3, 0.4) is 0 Å². The van der Waals surface area contributed by atoms with Gasteiger partial charge in [0, 0.05) is 11.6 Å². The predicted octanol–water partition coefficient (Wildman–Crippen LogP) is 4.11. The van der Waals surface area contributed by atoms with Crippen LogP contribution in [-0.4, -0.2) is 6.04 Å². The molecule has 2 rings (SSSR count). The molecule has 4 heteroatoms. The molecule has 0 bridgehead atoms. The number of halogens is 2. The molecule has 0 radical (unpaired) electrons. The largest absolute Gasteiger partial charge is 0.295 e. The fourth-order valence-corrected chi connectivity index (χ4v) is 2.55. The Labute approximate surface area is 112 Å². The number of alkyl halides is 2. The maximum absolute atomic E-state index is 12.5. The van der Waals surface area contributed by atoms with Crippen molar-refractivity contribution in [1.29, 1.82) is 5.26 Å². The first-order valence-corrected chi connectivity index (χ1v) is 6.74. The smallest absolute Gasteiger partial charge is 0.263 e. The average Bonchev–Trinajstić information content (AvgIpc) is 2.46. The average molecular weight is 264 g/mol. The van der Waals surface area contributed by atoms with Crippen molar-refractivity contribution in [3.8, 4) is 6.07 Å². The van der Waals surface area contributed by atoms with E-state index in [4.69, 9.17) is 0 Å². The minimum atomic E-state index is -2.46. The Morgan fingerprint density at radius 2 is 1.63 bits per heavy atom. The maximum atomic E-state index is 12.5. The molecule has 1 aliphatic carbocycles. The zero-order chi connectivity index (χ0) is 13.7. The maximum Gasteiger partial charge on any atom is 0.263 e. The summed E-state index contributed by atoms with van der Waals surface area (Å²) in [4.78, 5) is 0. The Balaban J connectivity index is 2.02. The van der Waals surface area contributed by atoms with Crippen molar-refractivity contribution in [3.05, 3.63) is 35.4 Å². The zero-order valence-electron chi connectivity index (χ0n) is 10.8. The van der Waals surface area contributed by atoms with Gasteiger partial charge in [-0.15, -0.1) is 0 Å². The Kier molecular flexibility index (Phi) is 4.86. The highest BCUT2D eigenvalue weighted by Gasteiger charge is 2.19. The summed E-state index contributed by atoms with van der Waals surface area (Å²) in [5.74, 6) is 0. The van der Waals surface area contributed by atoms with E-state index in [0.717, 1.165) is 18.4 Å². The molecule has 102 valence electrons. The van der Waals surface area contributed by atoms with E-state index in [9.17, 15) is 14.0 Å². The molecular formula is C15H18F2N2. The number of rotatable bonds is 4. The van der Waals surface area contributed by atoms with Gasteiger partial charge >= 0.3 is 0 Å². The van der Waals surface area contributed by atoms with Crippen LogP contribution in [-0.2, 0) is 0 Å².